The summed E-state index contributed by atoms with van der Waals surface area (Å²) in [6, 6.07) is 5.38. The van der Waals surface area contributed by atoms with Crippen LogP contribution in [0, 0.1) is 10.1 Å². The van der Waals surface area contributed by atoms with E-state index in [2.05, 4.69) is 0 Å². The third-order valence-corrected chi connectivity index (χ3v) is 2.15. The molecule has 0 amide bonds. The Morgan fingerprint density at radius 3 is 2.80 bits per heavy atom. The molecular weight excluding hydrogens is 209 g/mol. The number of hydrogen-bond acceptors (Lipinski definition) is 4. The first-order valence-electron chi connectivity index (χ1n) is 4.08. The molecule has 1 aromatic carbocycles. The molecule has 0 spiro atoms. The fourth-order valence-corrected chi connectivity index (χ4v) is 1.49. The molecule has 15 heavy (non-hydrogen) atoms. The zero-order chi connectivity index (χ0) is 10.1. The van der Waals surface area contributed by atoms with Crippen molar-refractivity contribution in [3.8, 4) is 0 Å². The topological polar surface area (TPSA) is 69.4 Å². The monoisotopic (exact) mass is 217 g/mol. The third-order valence-electron chi connectivity index (χ3n) is 2.15. The van der Waals surface area contributed by atoms with Gasteiger partial charge in [0.1, 0.15) is 6.61 Å². The van der Waals surface area contributed by atoms with Crippen molar-refractivity contribution >= 4 is 5.97 Å². The summed E-state index contributed by atoms with van der Waals surface area (Å²) in [5.74, 6) is -0.784. The van der Waals surface area contributed by atoms with Crippen LogP contribution < -0.4 is 29.6 Å². The van der Waals surface area contributed by atoms with E-state index in [1.807, 2.05) is 0 Å². The molecule has 0 fully saturated rings. The van der Waals surface area contributed by atoms with Gasteiger partial charge in [-0.3, -0.25) is 10.1 Å². The van der Waals surface area contributed by atoms with Crippen LogP contribution in [0.15, 0.2) is 24.3 Å². The van der Waals surface area contributed by atoms with Gasteiger partial charge in [-0.15, -0.1) is 0 Å². The molecule has 0 aromatic heterocycles. The van der Waals surface area contributed by atoms with Crippen molar-refractivity contribution < 1.29 is 45.4 Å². The van der Waals surface area contributed by atoms with Crippen molar-refractivity contribution in [2.75, 3.05) is 0 Å². The first-order valence-corrected chi connectivity index (χ1v) is 4.08. The molecule has 1 atom stereocenters. The summed E-state index contributed by atoms with van der Waals surface area (Å²) in [6.07, 6.45) is 0. The van der Waals surface area contributed by atoms with E-state index >= 15 is 0 Å². The zero-order valence-electron chi connectivity index (χ0n) is 9.17. The number of fused-ring (bicyclic) bond motifs is 1. The van der Waals surface area contributed by atoms with Gasteiger partial charge in [-0.2, -0.15) is 0 Å². The van der Waals surface area contributed by atoms with Gasteiger partial charge in [0.15, 0.2) is 0 Å². The van der Waals surface area contributed by atoms with Gasteiger partial charge < -0.3 is 6.16 Å². The van der Waals surface area contributed by atoms with Crippen LogP contribution in [0.3, 0.4) is 0 Å². The van der Waals surface area contributed by atoms with E-state index in [0.29, 0.717) is 11.1 Å². The maximum Gasteiger partial charge on any atom is 1.00 e. The number of nitrogens with zero attached hydrogens (tertiary/aromatic N) is 1. The Kier molecular flexibility index (Phi) is 3.84. The van der Waals surface area contributed by atoms with E-state index in [-0.39, 0.29) is 37.6 Å². The smallest absolute Gasteiger partial charge is 1.00 e. The summed E-state index contributed by atoms with van der Waals surface area (Å²) >= 11 is 0. The van der Waals surface area contributed by atoms with Crippen molar-refractivity contribution in [2.45, 2.75) is 12.6 Å². The first kappa shape index (κ1) is 12.2. The number of benzene rings is 1. The molecule has 6 heteroatoms. The summed E-state index contributed by atoms with van der Waals surface area (Å²) in [4.78, 5) is 21.1. The maximum atomic E-state index is 11.1. The average molecular weight is 217 g/mol. The standard InChI is InChI=1S/C9H7NO4.Na.H/c11-9-8(10(12)13)7-4-2-1-3-6(7)5-14-9;;/h1-4,8H,5H2;;/q;+1;-1. The minimum Gasteiger partial charge on any atom is -1.00 e. The number of rotatable bonds is 1. The number of esters is 1. The molecule has 0 bridgehead atoms. The second kappa shape index (κ2) is 4.74. The summed E-state index contributed by atoms with van der Waals surface area (Å²) in [5, 5.41) is 10.6. The average Bonchev–Trinajstić information content (AvgIpc) is 2.17. The fourth-order valence-electron chi connectivity index (χ4n) is 1.49. The molecule has 1 aliphatic heterocycles. The number of cyclic esters (lactones) is 1. The maximum absolute atomic E-state index is 11.1. The number of carbonyl (C=O) groups excluding carboxylic acids is 1. The SMILES string of the molecule is O=C1OCc2ccccc2C1[N+](=O)[O-].[H-].[Na+]. The molecular formula is C9H8NNaO4. The van der Waals surface area contributed by atoms with Gasteiger partial charge in [0, 0.05) is 16.1 Å². The van der Waals surface area contributed by atoms with Gasteiger partial charge in [0.05, 0.1) is 0 Å². The van der Waals surface area contributed by atoms with Gasteiger partial charge >= 0.3 is 41.6 Å². The molecule has 1 aromatic rings. The van der Waals surface area contributed by atoms with E-state index < -0.39 is 16.9 Å². The molecule has 1 unspecified atom stereocenters. The van der Waals surface area contributed by atoms with E-state index in [9.17, 15) is 14.9 Å². The van der Waals surface area contributed by atoms with Crippen LogP contribution in [0.25, 0.3) is 0 Å². The van der Waals surface area contributed by atoms with Crippen molar-refractivity contribution in [1.29, 1.82) is 0 Å². The normalized spacial score (nSPS) is 18.4. The molecule has 1 heterocycles. The zero-order valence-corrected chi connectivity index (χ0v) is 10.2. The number of hydrogen-bond donors (Lipinski definition) is 0. The molecule has 74 valence electrons. The Balaban J connectivity index is 0.00000112. The Labute approximate surface area is 109 Å². The van der Waals surface area contributed by atoms with Crippen LogP contribution in [0.2, 0.25) is 0 Å². The van der Waals surface area contributed by atoms with Gasteiger partial charge in [-0.05, 0) is 0 Å². The van der Waals surface area contributed by atoms with Crippen molar-refractivity contribution in [3.05, 3.63) is 45.5 Å². The summed E-state index contributed by atoms with van der Waals surface area (Å²) in [5.41, 5.74) is 1.14. The molecule has 5 nitrogen and oxygen atoms in total. The van der Waals surface area contributed by atoms with Crippen LogP contribution in [-0.4, -0.2) is 10.9 Å². The van der Waals surface area contributed by atoms with Crippen LogP contribution in [0.4, 0.5) is 0 Å². The first-order chi connectivity index (χ1) is 6.70. The molecule has 0 saturated carbocycles. The van der Waals surface area contributed by atoms with E-state index in [0.717, 1.165) is 0 Å². The van der Waals surface area contributed by atoms with Crippen molar-refractivity contribution in [2.24, 2.45) is 0 Å². The third kappa shape index (κ3) is 2.19. The van der Waals surface area contributed by atoms with E-state index in [4.69, 9.17) is 4.74 Å². The quantitative estimate of drug-likeness (QED) is 0.240. The van der Waals surface area contributed by atoms with E-state index in [1.54, 1.807) is 24.3 Å². The molecule has 0 saturated heterocycles. The summed E-state index contributed by atoms with van der Waals surface area (Å²) in [7, 11) is 0. The number of carbonyl (C=O) groups is 1. The number of ether oxygens (including phenoxy) is 1. The van der Waals surface area contributed by atoms with Crippen molar-refractivity contribution in [3.63, 3.8) is 0 Å². The predicted octanol–water partition coefficient (Wildman–Crippen LogP) is -1.82. The Morgan fingerprint density at radius 2 is 2.13 bits per heavy atom. The van der Waals surface area contributed by atoms with Crippen molar-refractivity contribution in [1.82, 2.24) is 0 Å². The summed E-state index contributed by atoms with van der Waals surface area (Å²) in [6.45, 7) is 0.124. The predicted molar refractivity (Wildman–Crippen MR) is 47.1 cm³/mol. The minimum atomic E-state index is -1.36. The fraction of sp³-hybridized carbons (Fsp3) is 0.222. The largest absolute Gasteiger partial charge is 1.00 e. The van der Waals surface area contributed by atoms with Crippen LogP contribution in [0.1, 0.15) is 18.6 Å². The molecule has 2 rings (SSSR count). The molecule has 0 radical (unpaired) electrons. The second-order valence-corrected chi connectivity index (χ2v) is 2.99. The van der Waals surface area contributed by atoms with Gasteiger partial charge in [-0.1, -0.05) is 24.3 Å². The van der Waals surface area contributed by atoms with Crippen LogP contribution >= 0.6 is 0 Å². The molecule has 0 aliphatic carbocycles. The Morgan fingerprint density at radius 1 is 1.47 bits per heavy atom. The Bertz CT molecular complexity index is 412. The molecule has 1 aliphatic rings. The van der Waals surface area contributed by atoms with E-state index in [1.165, 1.54) is 0 Å². The van der Waals surface area contributed by atoms with Gasteiger partial charge in [-0.25, -0.2) is 4.79 Å². The van der Waals surface area contributed by atoms with Gasteiger partial charge in [0.2, 0.25) is 0 Å². The minimum absolute atomic E-state index is 0. The van der Waals surface area contributed by atoms with Gasteiger partial charge in [0.25, 0.3) is 0 Å². The van der Waals surface area contributed by atoms with Crippen LogP contribution in [0.5, 0.6) is 0 Å². The van der Waals surface area contributed by atoms with Crippen LogP contribution in [-0.2, 0) is 16.1 Å². The molecule has 0 N–H and O–H groups in total. The Hall–Kier alpha value is -0.910. The summed E-state index contributed by atoms with van der Waals surface area (Å²) < 4.78 is 4.70. The number of nitro groups is 1. The second-order valence-electron chi connectivity index (χ2n) is 2.99.